The van der Waals surface area contributed by atoms with Crippen LogP contribution in [0.4, 0.5) is 0 Å². The highest BCUT2D eigenvalue weighted by Crippen LogP contribution is 2.45. The number of hydrogen-bond donors (Lipinski definition) is 0. The smallest absolute Gasteiger partial charge is 0.109 e. The number of hydrogen-bond acceptors (Lipinski definition) is 2. The van der Waals surface area contributed by atoms with Crippen LogP contribution in [0, 0.1) is 0 Å². The second kappa shape index (κ2) is 10.2. The minimum absolute atomic E-state index is 1.16. The number of aromatic nitrogens is 3. The molecule has 0 bridgehead atoms. The fourth-order valence-corrected chi connectivity index (χ4v) is 11.0. The molecule has 0 amide bonds. The van der Waals surface area contributed by atoms with Crippen LogP contribution in [0.25, 0.3) is 101 Å². The summed E-state index contributed by atoms with van der Waals surface area (Å²) in [5, 5.41) is 10.4. The van der Waals surface area contributed by atoms with Gasteiger partial charge in [-0.05, 0) is 72.8 Å². The van der Waals surface area contributed by atoms with Crippen molar-refractivity contribution in [2.24, 2.45) is 0 Å². The first-order valence-corrected chi connectivity index (χ1v) is 18.9. The molecular weight excluding hydrogens is 659 g/mol. The van der Waals surface area contributed by atoms with Gasteiger partial charge in [0.1, 0.15) is 9.66 Å². The van der Waals surface area contributed by atoms with E-state index in [1.165, 1.54) is 95.6 Å². The van der Waals surface area contributed by atoms with Crippen molar-refractivity contribution in [3.63, 3.8) is 0 Å². The molecule has 7 aromatic carbocycles. The average molecular weight is 686 g/mol. The molecule has 0 unspecified atom stereocenters. The molecule has 3 nitrogen and oxygen atoms in total. The maximum Gasteiger partial charge on any atom is 0.109 e. The number of thiophene rings is 2. The van der Waals surface area contributed by atoms with Gasteiger partial charge in [0.05, 0.1) is 22.1 Å². The first kappa shape index (κ1) is 27.7. The Morgan fingerprint density at radius 1 is 0.294 bits per heavy atom. The predicted octanol–water partition coefficient (Wildman–Crippen LogP) is 13.4. The van der Waals surface area contributed by atoms with Gasteiger partial charge in [-0.15, -0.1) is 22.7 Å². The highest BCUT2D eigenvalue weighted by Gasteiger charge is 2.21. The molecular formula is C46H27N3S2. The Kier molecular flexibility index (Phi) is 5.53. The summed E-state index contributed by atoms with van der Waals surface area (Å²) in [6.07, 6.45) is 0. The minimum Gasteiger partial charge on any atom is -0.309 e. The van der Waals surface area contributed by atoms with Crippen molar-refractivity contribution in [2.75, 3.05) is 0 Å². The van der Waals surface area contributed by atoms with Crippen molar-refractivity contribution in [1.82, 2.24) is 13.7 Å². The van der Waals surface area contributed by atoms with Crippen molar-refractivity contribution in [2.45, 2.75) is 0 Å². The highest BCUT2D eigenvalue weighted by atomic mass is 32.1. The van der Waals surface area contributed by atoms with Crippen LogP contribution in [-0.2, 0) is 0 Å². The van der Waals surface area contributed by atoms with E-state index in [2.05, 4.69) is 177 Å². The van der Waals surface area contributed by atoms with Gasteiger partial charge < -0.3 is 13.7 Å². The van der Waals surface area contributed by atoms with E-state index >= 15 is 0 Å². The molecule has 0 radical (unpaired) electrons. The maximum atomic E-state index is 2.48. The van der Waals surface area contributed by atoms with Crippen LogP contribution in [0.3, 0.4) is 0 Å². The van der Waals surface area contributed by atoms with Crippen LogP contribution in [0.5, 0.6) is 0 Å². The number of benzene rings is 7. The Balaban J connectivity index is 1.18. The van der Waals surface area contributed by atoms with Gasteiger partial charge in [-0.2, -0.15) is 0 Å². The number of fused-ring (bicyclic) bond motifs is 13. The molecule has 51 heavy (non-hydrogen) atoms. The number of rotatable bonds is 3. The molecule has 5 heteroatoms. The zero-order chi connectivity index (χ0) is 33.2. The second-order valence-electron chi connectivity index (χ2n) is 13.3. The SMILES string of the molecule is c1ccc(-n2c3ccc(-n4c5ccccc5c5c6ccccc6sc54)cc3c3cc(-n4c5ccccc5c5c6ccccc6sc54)ccc32)cc1. The van der Waals surface area contributed by atoms with Crippen LogP contribution in [-0.4, -0.2) is 13.7 Å². The molecule has 0 saturated heterocycles. The predicted molar refractivity (Wildman–Crippen MR) is 220 cm³/mol. The second-order valence-corrected chi connectivity index (χ2v) is 15.4. The number of nitrogens with zero attached hydrogens (tertiary/aromatic N) is 3. The molecule has 0 saturated carbocycles. The lowest BCUT2D eigenvalue weighted by Gasteiger charge is -2.10. The summed E-state index contributed by atoms with van der Waals surface area (Å²) in [5.41, 5.74) is 8.39. The fraction of sp³-hybridized carbons (Fsp3) is 0. The quantitative estimate of drug-likeness (QED) is 0.176. The summed E-state index contributed by atoms with van der Waals surface area (Å²) in [4.78, 5) is 2.57. The Bertz CT molecular complexity index is 3160. The van der Waals surface area contributed by atoms with Gasteiger partial charge in [0, 0.05) is 69.6 Å². The molecule has 0 spiro atoms. The molecule has 12 rings (SSSR count). The van der Waals surface area contributed by atoms with Gasteiger partial charge in [-0.3, -0.25) is 0 Å². The minimum atomic E-state index is 1.16. The van der Waals surface area contributed by atoms with Crippen molar-refractivity contribution in [1.29, 1.82) is 0 Å². The van der Waals surface area contributed by atoms with E-state index in [-0.39, 0.29) is 0 Å². The third-order valence-electron chi connectivity index (χ3n) is 10.7. The molecule has 0 aliphatic rings. The Hall–Kier alpha value is -6.14. The Morgan fingerprint density at radius 3 is 1.22 bits per heavy atom. The van der Waals surface area contributed by atoms with Gasteiger partial charge in [0.2, 0.25) is 0 Å². The molecule has 5 heterocycles. The third-order valence-corrected chi connectivity index (χ3v) is 13.0. The van der Waals surface area contributed by atoms with Crippen LogP contribution < -0.4 is 0 Å². The summed E-state index contributed by atoms with van der Waals surface area (Å²) in [6, 6.07) is 60.2. The first-order valence-electron chi connectivity index (χ1n) is 17.3. The van der Waals surface area contributed by atoms with Gasteiger partial charge in [0.15, 0.2) is 0 Å². The Labute approximate surface area is 300 Å². The lowest BCUT2D eigenvalue weighted by molar-refractivity contribution is 1.16. The highest BCUT2D eigenvalue weighted by molar-refractivity contribution is 7.26. The zero-order valence-corrected chi connectivity index (χ0v) is 28.9. The van der Waals surface area contributed by atoms with Crippen LogP contribution in [0.1, 0.15) is 0 Å². The molecule has 12 aromatic rings. The molecule has 5 aromatic heterocycles. The van der Waals surface area contributed by atoms with E-state index in [9.17, 15) is 0 Å². The van der Waals surface area contributed by atoms with Gasteiger partial charge in [-0.25, -0.2) is 0 Å². The summed E-state index contributed by atoms with van der Waals surface area (Å²) in [7, 11) is 0. The van der Waals surface area contributed by atoms with Crippen molar-refractivity contribution >= 4 is 107 Å². The maximum absolute atomic E-state index is 2.48. The zero-order valence-electron chi connectivity index (χ0n) is 27.2. The van der Waals surface area contributed by atoms with Gasteiger partial charge >= 0.3 is 0 Å². The average Bonchev–Trinajstić information content (AvgIpc) is 3.97. The van der Waals surface area contributed by atoms with E-state index in [4.69, 9.17) is 0 Å². The first-order chi connectivity index (χ1) is 25.3. The molecule has 0 aliphatic heterocycles. The molecule has 0 atom stereocenters. The van der Waals surface area contributed by atoms with E-state index in [0.717, 1.165) is 5.69 Å². The summed E-state index contributed by atoms with van der Waals surface area (Å²) < 4.78 is 10.0. The molecule has 0 aliphatic carbocycles. The summed E-state index contributed by atoms with van der Waals surface area (Å²) >= 11 is 3.76. The largest absolute Gasteiger partial charge is 0.309 e. The molecule has 0 fully saturated rings. The topological polar surface area (TPSA) is 14.8 Å². The van der Waals surface area contributed by atoms with Crippen LogP contribution in [0.15, 0.2) is 164 Å². The van der Waals surface area contributed by atoms with Crippen molar-refractivity contribution < 1.29 is 0 Å². The molecule has 0 N–H and O–H groups in total. The normalized spacial score (nSPS) is 12.3. The summed E-state index contributed by atoms with van der Waals surface area (Å²) in [5.74, 6) is 0. The number of para-hydroxylation sites is 3. The van der Waals surface area contributed by atoms with Crippen LogP contribution in [0.2, 0.25) is 0 Å². The van der Waals surface area contributed by atoms with E-state index in [1.54, 1.807) is 0 Å². The van der Waals surface area contributed by atoms with Crippen molar-refractivity contribution in [3.8, 4) is 17.1 Å². The van der Waals surface area contributed by atoms with Crippen LogP contribution >= 0.6 is 22.7 Å². The van der Waals surface area contributed by atoms with E-state index in [0.29, 0.717) is 0 Å². The monoisotopic (exact) mass is 685 g/mol. The third kappa shape index (κ3) is 3.71. The Morgan fingerprint density at radius 2 is 0.706 bits per heavy atom. The van der Waals surface area contributed by atoms with E-state index < -0.39 is 0 Å². The van der Waals surface area contributed by atoms with Gasteiger partial charge in [0.25, 0.3) is 0 Å². The standard InChI is InChI=1S/C46H27N3S2/c1-2-12-28(13-3-1)47-39-24-22-29(48-37-18-8-4-14-31(37)43-33-16-6-10-20-41(33)50-45(43)48)26-35(39)36-27-30(23-25-40(36)47)49-38-19-9-5-15-32(38)44-34-17-7-11-21-42(34)51-46(44)49/h1-27H. The van der Waals surface area contributed by atoms with E-state index in [1.807, 2.05) is 22.7 Å². The summed E-state index contributed by atoms with van der Waals surface area (Å²) in [6.45, 7) is 0. The lowest BCUT2D eigenvalue weighted by atomic mass is 10.1. The van der Waals surface area contributed by atoms with Gasteiger partial charge in [-0.1, -0.05) is 91.0 Å². The van der Waals surface area contributed by atoms with Crippen molar-refractivity contribution in [3.05, 3.63) is 164 Å². The fourth-order valence-electron chi connectivity index (χ4n) is 8.52. The lowest BCUT2D eigenvalue weighted by Crippen LogP contribution is -1.95. The molecule has 238 valence electrons.